The minimum Gasteiger partial charge on any atom is -0.454 e. The second-order valence-electron chi connectivity index (χ2n) is 8.28. The topological polar surface area (TPSA) is 68.2 Å². The zero-order valence-electron chi connectivity index (χ0n) is 14.9. The molecule has 25 heavy (non-hydrogen) atoms. The molecule has 2 unspecified atom stereocenters. The maximum absolute atomic E-state index is 12.6. The molecule has 2 atom stereocenters. The lowest BCUT2D eigenvalue weighted by atomic mass is 9.80. The third kappa shape index (κ3) is 2.92. The average molecular weight is 347 g/mol. The van der Waals surface area contributed by atoms with Crippen LogP contribution in [-0.2, 0) is 10.3 Å². The van der Waals surface area contributed by atoms with Gasteiger partial charge in [0.05, 0.1) is 5.60 Å². The van der Waals surface area contributed by atoms with Crippen LogP contribution in [0.3, 0.4) is 0 Å². The second-order valence-corrected chi connectivity index (χ2v) is 8.28. The van der Waals surface area contributed by atoms with Gasteiger partial charge in [-0.2, -0.15) is 0 Å². The zero-order chi connectivity index (χ0) is 17.8. The first-order valence-electron chi connectivity index (χ1n) is 8.89. The zero-order valence-corrected chi connectivity index (χ0v) is 14.9. The molecule has 0 saturated carbocycles. The van der Waals surface area contributed by atoms with Gasteiger partial charge in [0, 0.05) is 24.9 Å². The molecule has 0 aromatic heterocycles. The van der Waals surface area contributed by atoms with Gasteiger partial charge in [0.2, 0.25) is 6.79 Å². The summed E-state index contributed by atoms with van der Waals surface area (Å²) >= 11 is 0. The molecule has 1 N–H and O–H groups in total. The van der Waals surface area contributed by atoms with Crippen molar-refractivity contribution in [3.63, 3.8) is 0 Å². The predicted molar refractivity (Wildman–Crippen MR) is 90.6 cm³/mol. The number of fused-ring (bicyclic) bond motifs is 3. The van der Waals surface area contributed by atoms with Crippen molar-refractivity contribution in [3.05, 3.63) is 23.8 Å². The summed E-state index contributed by atoms with van der Waals surface area (Å²) < 4.78 is 16.4. The van der Waals surface area contributed by atoms with Gasteiger partial charge >= 0.3 is 6.09 Å². The Kier molecular flexibility index (Phi) is 3.65. The highest BCUT2D eigenvalue weighted by molar-refractivity contribution is 5.70. The van der Waals surface area contributed by atoms with Crippen molar-refractivity contribution in [2.24, 2.45) is 0 Å². The van der Waals surface area contributed by atoms with Crippen molar-refractivity contribution in [3.8, 4) is 11.5 Å². The SMILES string of the molecule is CC(C)(C)OC(=O)N1C2CCC1CC(O)(c1ccc3c(c1)OCO3)C2. The van der Waals surface area contributed by atoms with Gasteiger partial charge in [-0.05, 0) is 51.3 Å². The molecule has 136 valence electrons. The number of benzene rings is 1. The van der Waals surface area contributed by atoms with Crippen LogP contribution >= 0.6 is 0 Å². The minimum atomic E-state index is -0.953. The van der Waals surface area contributed by atoms with Gasteiger partial charge in [-0.25, -0.2) is 4.79 Å². The molecule has 4 rings (SSSR count). The lowest BCUT2D eigenvalue weighted by Crippen LogP contribution is -2.53. The minimum absolute atomic E-state index is 0.00372. The normalized spacial score (nSPS) is 30.5. The Bertz CT molecular complexity index is 682. The first-order chi connectivity index (χ1) is 11.8. The monoisotopic (exact) mass is 347 g/mol. The molecule has 1 amide bonds. The third-order valence-corrected chi connectivity index (χ3v) is 5.28. The number of carbonyl (C=O) groups is 1. The number of nitrogens with zero attached hydrogens (tertiary/aromatic N) is 1. The number of hydrogen-bond acceptors (Lipinski definition) is 5. The van der Waals surface area contributed by atoms with Gasteiger partial charge in [0.1, 0.15) is 5.60 Å². The molecule has 6 nitrogen and oxygen atoms in total. The fraction of sp³-hybridized carbons (Fsp3) is 0.632. The van der Waals surface area contributed by atoms with Crippen molar-refractivity contribution in [2.75, 3.05) is 6.79 Å². The summed E-state index contributed by atoms with van der Waals surface area (Å²) in [6, 6.07) is 5.62. The number of carbonyl (C=O) groups excluding carboxylic acids is 1. The van der Waals surface area contributed by atoms with E-state index in [1.54, 1.807) is 0 Å². The van der Waals surface area contributed by atoms with E-state index in [1.807, 2.05) is 43.9 Å². The van der Waals surface area contributed by atoms with E-state index < -0.39 is 11.2 Å². The Hall–Kier alpha value is -1.95. The Morgan fingerprint density at radius 2 is 1.84 bits per heavy atom. The molecule has 0 radical (unpaired) electrons. The van der Waals surface area contributed by atoms with E-state index >= 15 is 0 Å². The van der Waals surface area contributed by atoms with E-state index in [1.165, 1.54) is 0 Å². The van der Waals surface area contributed by atoms with Crippen LogP contribution in [0.2, 0.25) is 0 Å². The maximum Gasteiger partial charge on any atom is 0.410 e. The first-order valence-corrected chi connectivity index (χ1v) is 8.89. The fourth-order valence-corrected chi connectivity index (χ4v) is 4.26. The van der Waals surface area contributed by atoms with Crippen molar-refractivity contribution in [1.82, 2.24) is 4.90 Å². The van der Waals surface area contributed by atoms with E-state index in [-0.39, 0.29) is 25.0 Å². The van der Waals surface area contributed by atoms with Gasteiger partial charge in [0.25, 0.3) is 0 Å². The van der Waals surface area contributed by atoms with Gasteiger partial charge in [0.15, 0.2) is 11.5 Å². The Morgan fingerprint density at radius 3 is 2.48 bits per heavy atom. The van der Waals surface area contributed by atoms with Gasteiger partial charge < -0.3 is 24.2 Å². The second kappa shape index (κ2) is 5.53. The van der Waals surface area contributed by atoms with E-state index in [0.29, 0.717) is 24.3 Å². The number of aliphatic hydroxyl groups is 1. The maximum atomic E-state index is 12.6. The Morgan fingerprint density at radius 1 is 1.20 bits per heavy atom. The third-order valence-electron chi connectivity index (χ3n) is 5.28. The molecular formula is C19H25NO5. The summed E-state index contributed by atoms with van der Waals surface area (Å²) in [4.78, 5) is 14.4. The quantitative estimate of drug-likeness (QED) is 0.845. The van der Waals surface area contributed by atoms with E-state index in [4.69, 9.17) is 14.2 Å². The first kappa shape index (κ1) is 16.5. The van der Waals surface area contributed by atoms with E-state index in [0.717, 1.165) is 18.4 Å². The molecule has 3 aliphatic heterocycles. The highest BCUT2D eigenvalue weighted by Crippen LogP contribution is 2.47. The van der Waals surface area contributed by atoms with Gasteiger partial charge in [-0.15, -0.1) is 0 Å². The van der Waals surface area contributed by atoms with Crippen LogP contribution in [0, 0.1) is 0 Å². The van der Waals surface area contributed by atoms with Crippen LogP contribution in [0.1, 0.15) is 52.0 Å². The van der Waals surface area contributed by atoms with Crippen LogP contribution in [0.5, 0.6) is 11.5 Å². The highest BCUT2D eigenvalue weighted by atomic mass is 16.7. The van der Waals surface area contributed by atoms with Crippen molar-refractivity contribution in [2.45, 2.75) is 69.7 Å². The standard InChI is InChI=1S/C19H25NO5/c1-18(2,3)25-17(21)20-13-5-6-14(20)10-19(22,9-13)12-4-7-15-16(8-12)24-11-23-15/h4,7-8,13-14,22H,5-6,9-11H2,1-3H3. The molecule has 0 spiro atoms. The summed E-state index contributed by atoms with van der Waals surface area (Å²) in [6.07, 6.45) is 2.56. The summed E-state index contributed by atoms with van der Waals surface area (Å²) in [5.41, 5.74) is -0.634. The molecule has 2 saturated heterocycles. The number of rotatable bonds is 1. The molecule has 3 heterocycles. The number of ether oxygens (including phenoxy) is 3. The average Bonchev–Trinajstić information content (AvgIpc) is 3.08. The van der Waals surface area contributed by atoms with Gasteiger partial charge in [-0.3, -0.25) is 0 Å². The van der Waals surface area contributed by atoms with Crippen LogP contribution in [-0.4, -0.2) is 40.6 Å². The summed E-state index contributed by atoms with van der Waals surface area (Å²) in [6.45, 7) is 5.84. The predicted octanol–water partition coefficient (Wildman–Crippen LogP) is 3.16. The number of hydrogen-bond donors (Lipinski definition) is 1. The van der Waals surface area contributed by atoms with Crippen LogP contribution in [0.4, 0.5) is 4.79 Å². The molecule has 3 aliphatic rings. The molecule has 6 heteroatoms. The molecule has 1 aromatic rings. The number of amides is 1. The highest BCUT2D eigenvalue weighted by Gasteiger charge is 2.51. The summed E-state index contributed by atoms with van der Waals surface area (Å²) in [5, 5.41) is 11.3. The smallest absolute Gasteiger partial charge is 0.410 e. The van der Waals surface area contributed by atoms with Gasteiger partial charge in [-0.1, -0.05) is 6.07 Å². The summed E-state index contributed by atoms with van der Waals surface area (Å²) in [5.74, 6) is 1.38. The van der Waals surface area contributed by atoms with Crippen LogP contribution in [0.15, 0.2) is 18.2 Å². The number of piperidine rings is 1. The van der Waals surface area contributed by atoms with Crippen molar-refractivity contribution < 1.29 is 24.1 Å². The fourth-order valence-electron chi connectivity index (χ4n) is 4.26. The Labute approximate surface area is 147 Å². The van der Waals surface area contributed by atoms with Crippen molar-refractivity contribution >= 4 is 6.09 Å². The lowest BCUT2D eigenvalue weighted by Gasteiger charge is -2.44. The molecule has 0 aliphatic carbocycles. The molecule has 2 bridgehead atoms. The Balaban J connectivity index is 1.55. The van der Waals surface area contributed by atoms with E-state index in [9.17, 15) is 9.90 Å². The molecule has 1 aromatic carbocycles. The van der Waals surface area contributed by atoms with Crippen LogP contribution in [0.25, 0.3) is 0 Å². The van der Waals surface area contributed by atoms with Crippen LogP contribution < -0.4 is 9.47 Å². The molecular weight excluding hydrogens is 322 g/mol. The largest absolute Gasteiger partial charge is 0.454 e. The molecule has 2 fully saturated rings. The van der Waals surface area contributed by atoms with E-state index in [2.05, 4.69) is 0 Å². The lowest BCUT2D eigenvalue weighted by molar-refractivity contribution is -0.0625. The summed E-state index contributed by atoms with van der Waals surface area (Å²) in [7, 11) is 0. The van der Waals surface area contributed by atoms with Crippen molar-refractivity contribution in [1.29, 1.82) is 0 Å².